The second-order valence-electron chi connectivity index (χ2n) is 5.32. The first-order valence-electron chi connectivity index (χ1n) is 7.16. The number of hydrogen-bond acceptors (Lipinski definition) is 0. The van der Waals surface area contributed by atoms with Gasteiger partial charge in [-0.15, -0.1) is 0 Å². The van der Waals surface area contributed by atoms with Crippen LogP contribution >= 0.6 is 10.5 Å². The number of thiophene rings is 1. The number of hydrogen-bond donors (Lipinski definition) is 0. The van der Waals surface area contributed by atoms with Gasteiger partial charge in [-0.1, -0.05) is 24.3 Å². The lowest BCUT2D eigenvalue weighted by molar-refractivity contribution is -0.137. The van der Waals surface area contributed by atoms with Crippen LogP contribution in [0.3, 0.4) is 0 Å². The van der Waals surface area contributed by atoms with Gasteiger partial charge in [0.05, 0.1) is 5.56 Å². The zero-order chi connectivity index (χ0) is 16.0. The number of fused-ring (bicyclic) bond motifs is 3. The lowest BCUT2D eigenvalue weighted by atomic mass is 10.2. The van der Waals surface area contributed by atoms with Crippen molar-refractivity contribution >= 4 is 30.6 Å². The van der Waals surface area contributed by atoms with E-state index >= 15 is 0 Å². The predicted molar refractivity (Wildman–Crippen MR) is 90.3 cm³/mol. The summed E-state index contributed by atoms with van der Waals surface area (Å²) in [6, 6.07) is 21.8. The van der Waals surface area contributed by atoms with E-state index in [1.54, 1.807) is 12.1 Å². The molecule has 0 bridgehead atoms. The van der Waals surface area contributed by atoms with Crippen molar-refractivity contribution in [3.8, 4) is 4.90 Å². The molecule has 0 unspecified atom stereocenters. The first-order valence-corrected chi connectivity index (χ1v) is 8.38. The van der Waals surface area contributed by atoms with Crippen LogP contribution in [0.4, 0.5) is 13.2 Å². The minimum absolute atomic E-state index is 0.343. The maximum Gasteiger partial charge on any atom is 0.416 e. The van der Waals surface area contributed by atoms with Gasteiger partial charge in [-0.05, 0) is 48.5 Å². The van der Waals surface area contributed by atoms with Crippen LogP contribution in [0.15, 0.2) is 72.8 Å². The summed E-state index contributed by atoms with van der Waals surface area (Å²) >= 11 is 0. The normalized spacial score (nSPS) is 12.1. The van der Waals surface area contributed by atoms with E-state index in [-0.39, 0.29) is 10.5 Å². The molecular formula is C19H12F3S+. The molecule has 1 aromatic heterocycles. The van der Waals surface area contributed by atoms with Crippen LogP contribution in [0.1, 0.15) is 5.56 Å². The van der Waals surface area contributed by atoms with Gasteiger partial charge in [0.25, 0.3) is 0 Å². The van der Waals surface area contributed by atoms with Gasteiger partial charge in [-0.3, -0.25) is 0 Å². The van der Waals surface area contributed by atoms with Gasteiger partial charge in [0.15, 0.2) is 14.3 Å². The first-order chi connectivity index (χ1) is 11.1. The highest BCUT2D eigenvalue weighted by Crippen LogP contribution is 2.48. The van der Waals surface area contributed by atoms with E-state index in [2.05, 4.69) is 24.3 Å². The van der Waals surface area contributed by atoms with Crippen molar-refractivity contribution in [3.63, 3.8) is 0 Å². The summed E-state index contributed by atoms with van der Waals surface area (Å²) in [6.45, 7) is 0. The van der Waals surface area contributed by atoms with Crippen LogP contribution in [0.2, 0.25) is 0 Å². The zero-order valence-electron chi connectivity index (χ0n) is 12.0. The van der Waals surface area contributed by atoms with Gasteiger partial charge in [-0.2, -0.15) is 13.2 Å². The van der Waals surface area contributed by atoms with Crippen molar-refractivity contribution < 1.29 is 13.2 Å². The Hall–Kier alpha value is -2.33. The molecular weight excluding hydrogens is 317 g/mol. The summed E-state index contributed by atoms with van der Waals surface area (Å²) in [5.41, 5.74) is -0.606. The van der Waals surface area contributed by atoms with Gasteiger partial charge in [0.1, 0.15) is 0 Å². The Labute approximate surface area is 133 Å². The summed E-state index contributed by atoms with van der Waals surface area (Å²) in [5, 5.41) is 2.35. The van der Waals surface area contributed by atoms with E-state index < -0.39 is 11.7 Å². The van der Waals surface area contributed by atoms with Crippen LogP contribution in [0.25, 0.3) is 25.1 Å². The van der Waals surface area contributed by atoms with Crippen molar-refractivity contribution in [2.24, 2.45) is 0 Å². The molecule has 0 fully saturated rings. The third kappa shape index (κ3) is 2.30. The molecule has 0 saturated carbocycles. The topological polar surface area (TPSA) is 0 Å². The van der Waals surface area contributed by atoms with Crippen molar-refractivity contribution in [2.45, 2.75) is 6.18 Å². The predicted octanol–water partition coefficient (Wildman–Crippen LogP) is 6.75. The fraction of sp³-hybridized carbons (Fsp3) is 0.0526. The molecule has 0 spiro atoms. The maximum absolute atomic E-state index is 12.8. The lowest BCUT2D eigenvalue weighted by Gasteiger charge is -2.05. The Balaban J connectivity index is 2.01. The van der Waals surface area contributed by atoms with Crippen LogP contribution < -0.4 is 0 Å². The molecule has 114 valence electrons. The van der Waals surface area contributed by atoms with Crippen molar-refractivity contribution in [2.75, 3.05) is 0 Å². The second kappa shape index (κ2) is 5.10. The van der Waals surface area contributed by atoms with Gasteiger partial charge in [0.2, 0.25) is 0 Å². The van der Waals surface area contributed by atoms with Crippen molar-refractivity contribution in [3.05, 3.63) is 78.4 Å². The number of rotatable bonds is 1. The molecule has 0 aliphatic heterocycles. The smallest absolute Gasteiger partial charge is 0.166 e. The molecule has 1 heterocycles. The first kappa shape index (κ1) is 14.3. The quantitative estimate of drug-likeness (QED) is 0.339. The average molecular weight is 329 g/mol. The van der Waals surface area contributed by atoms with Crippen LogP contribution in [-0.4, -0.2) is 0 Å². The number of benzene rings is 3. The van der Waals surface area contributed by atoms with Gasteiger partial charge in [0, 0.05) is 21.2 Å². The summed E-state index contributed by atoms with van der Waals surface area (Å²) in [5.74, 6) is 0. The molecule has 4 rings (SSSR count). The zero-order valence-corrected chi connectivity index (χ0v) is 12.8. The highest BCUT2D eigenvalue weighted by atomic mass is 32.2. The Morgan fingerprint density at radius 2 is 1.09 bits per heavy atom. The van der Waals surface area contributed by atoms with Crippen LogP contribution in [0.5, 0.6) is 0 Å². The summed E-state index contributed by atoms with van der Waals surface area (Å²) in [7, 11) is -0.343. The fourth-order valence-corrected chi connectivity index (χ4v) is 5.26. The molecule has 0 aliphatic carbocycles. The molecule has 0 amide bonds. The largest absolute Gasteiger partial charge is 0.416 e. The third-order valence-electron chi connectivity index (χ3n) is 3.92. The average Bonchev–Trinajstić information content (AvgIpc) is 2.89. The Kier molecular flexibility index (Phi) is 3.16. The molecule has 0 saturated heterocycles. The lowest BCUT2D eigenvalue weighted by Crippen LogP contribution is -2.03. The summed E-state index contributed by atoms with van der Waals surface area (Å²) in [4.78, 5) is 0.912. The number of alkyl halides is 3. The molecule has 0 N–H and O–H groups in total. The molecule has 3 aromatic carbocycles. The molecule has 0 atom stereocenters. The van der Waals surface area contributed by atoms with Gasteiger partial charge in [-0.25, -0.2) is 0 Å². The second-order valence-corrected chi connectivity index (χ2v) is 7.28. The highest BCUT2D eigenvalue weighted by Gasteiger charge is 2.31. The minimum Gasteiger partial charge on any atom is -0.166 e. The summed E-state index contributed by atoms with van der Waals surface area (Å²) in [6.07, 6.45) is -4.30. The van der Waals surface area contributed by atoms with E-state index in [0.717, 1.165) is 4.90 Å². The van der Waals surface area contributed by atoms with Crippen LogP contribution in [-0.2, 0) is 6.18 Å². The molecule has 0 nitrogen and oxygen atoms in total. The Morgan fingerprint density at radius 1 is 0.609 bits per heavy atom. The van der Waals surface area contributed by atoms with Gasteiger partial charge < -0.3 is 0 Å². The maximum atomic E-state index is 12.8. The van der Waals surface area contributed by atoms with Gasteiger partial charge >= 0.3 is 6.18 Å². The molecule has 23 heavy (non-hydrogen) atoms. The van der Waals surface area contributed by atoms with E-state index in [4.69, 9.17) is 0 Å². The van der Waals surface area contributed by atoms with Crippen molar-refractivity contribution in [1.29, 1.82) is 0 Å². The van der Waals surface area contributed by atoms with E-state index in [0.29, 0.717) is 0 Å². The fourth-order valence-electron chi connectivity index (χ4n) is 2.89. The molecule has 0 aliphatic rings. The Bertz CT molecular complexity index is 941. The van der Waals surface area contributed by atoms with Crippen LogP contribution in [0, 0.1) is 0 Å². The summed E-state index contributed by atoms with van der Waals surface area (Å²) < 4.78 is 40.7. The highest BCUT2D eigenvalue weighted by molar-refractivity contribution is 7.50. The monoisotopic (exact) mass is 329 g/mol. The Morgan fingerprint density at radius 3 is 1.57 bits per heavy atom. The molecule has 4 heteroatoms. The van der Waals surface area contributed by atoms with E-state index in [1.165, 1.54) is 32.3 Å². The minimum atomic E-state index is -4.30. The van der Waals surface area contributed by atoms with E-state index in [1.807, 2.05) is 24.3 Å². The molecule has 0 radical (unpaired) electrons. The van der Waals surface area contributed by atoms with Crippen molar-refractivity contribution in [1.82, 2.24) is 0 Å². The third-order valence-corrected chi connectivity index (χ3v) is 6.26. The SMILES string of the molecule is FC(F)(F)c1ccc(-[s+]2c3ccccc3c3ccccc32)cc1. The molecule has 4 aromatic rings. The number of halogens is 3. The standard InChI is InChI=1S/C19H12F3S/c20-19(21,22)13-9-11-14(12-10-13)23-17-7-3-1-5-15(17)16-6-2-4-8-18(16)23/h1-12H/q+1. The van der Waals surface area contributed by atoms with E-state index in [9.17, 15) is 13.2 Å².